The van der Waals surface area contributed by atoms with Crippen LogP contribution >= 0.6 is 0 Å². The number of nitrogens with zero attached hydrogens (tertiary/aromatic N) is 5. The maximum atomic E-state index is 13.2. The van der Waals surface area contributed by atoms with Crippen molar-refractivity contribution < 1.29 is 14.6 Å². The molecule has 0 aliphatic carbocycles. The first-order valence-electron chi connectivity index (χ1n) is 14.8. The Bertz CT molecular complexity index is 1390. The first kappa shape index (κ1) is 31.4. The van der Waals surface area contributed by atoms with Crippen LogP contribution < -0.4 is 10.2 Å². The number of aliphatic hydroxyl groups is 1. The minimum atomic E-state index is -0.334. The lowest BCUT2D eigenvalue weighted by molar-refractivity contribution is -0.112. The van der Waals surface area contributed by atoms with E-state index in [9.17, 15) is 9.90 Å². The molecule has 3 aromatic rings. The summed E-state index contributed by atoms with van der Waals surface area (Å²) in [5.74, 6) is 0.293. The zero-order chi connectivity index (χ0) is 30.2. The molecule has 2 N–H and O–H groups in total. The number of hydrogen-bond acceptors (Lipinski definition) is 7. The number of benzene rings is 1. The third kappa shape index (κ3) is 7.86. The molecule has 1 aromatic carbocycles. The molecule has 0 bridgehead atoms. The molecule has 3 heterocycles. The largest absolute Gasteiger partial charge is 0.392 e. The van der Waals surface area contributed by atoms with Crippen molar-refractivity contribution in [3.8, 4) is 0 Å². The Balaban J connectivity index is 1.41. The van der Waals surface area contributed by atoms with E-state index in [0.29, 0.717) is 43.2 Å². The topological polar surface area (TPSA) is 86.1 Å². The first-order valence-corrected chi connectivity index (χ1v) is 14.8. The van der Waals surface area contributed by atoms with Gasteiger partial charge in [0.2, 0.25) is 0 Å². The quantitative estimate of drug-likeness (QED) is 0.242. The molecule has 4 rings (SSSR count). The molecule has 42 heavy (non-hydrogen) atoms. The summed E-state index contributed by atoms with van der Waals surface area (Å²) in [5, 5.41) is 14.0. The average molecular weight is 575 g/mol. The molecule has 0 spiro atoms. The molecule has 1 saturated heterocycles. The molecule has 1 aliphatic rings. The number of aryl methyl sites for hydroxylation is 1. The van der Waals surface area contributed by atoms with Crippen LogP contribution in [-0.4, -0.2) is 95.0 Å². The second-order valence-electron chi connectivity index (χ2n) is 11.3. The van der Waals surface area contributed by atoms with E-state index < -0.39 is 0 Å². The number of hydrogen-bond donors (Lipinski definition) is 2. The van der Waals surface area contributed by atoms with Crippen LogP contribution in [0.2, 0.25) is 0 Å². The van der Waals surface area contributed by atoms with Crippen molar-refractivity contribution in [2.75, 3.05) is 56.7 Å². The molecule has 9 heteroatoms. The number of aromatic nitrogens is 2. The predicted molar refractivity (Wildman–Crippen MR) is 171 cm³/mol. The Morgan fingerprint density at radius 3 is 2.62 bits per heavy atom. The van der Waals surface area contributed by atoms with E-state index in [1.54, 1.807) is 13.3 Å². The third-order valence-electron chi connectivity index (χ3n) is 7.88. The Kier molecular flexibility index (Phi) is 10.9. The van der Waals surface area contributed by atoms with Crippen LogP contribution in [0.4, 0.5) is 17.2 Å². The Morgan fingerprint density at radius 1 is 1.19 bits per heavy atom. The van der Waals surface area contributed by atoms with E-state index in [0.717, 1.165) is 36.4 Å². The van der Waals surface area contributed by atoms with Crippen molar-refractivity contribution in [2.45, 2.75) is 45.9 Å². The van der Waals surface area contributed by atoms with Crippen LogP contribution in [0.5, 0.6) is 0 Å². The fourth-order valence-electron chi connectivity index (χ4n) is 5.78. The second-order valence-corrected chi connectivity index (χ2v) is 11.3. The molecular weight excluding hydrogens is 528 g/mol. The zero-order valence-electron chi connectivity index (χ0n) is 25.8. The number of anilines is 3. The van der Waals surface area contributed by atoms with Gasteiger partial charge in [-0.1, -0.05) is 18.2 Å². The Morgan fingerprint density at radius 2 is 1.93 bits per heavy atom. The molecule has 9 nitrogen and oxygen atoms in total. The highest BCUT2D eigenvalue weighted by molar-refractivity contribution is 6.05. The van der Waals surface area contributed by atoms with Gasteiger partial charge in [0.05, 0.1) is 12.7 Å². The standard InChI is InChI=1S/C33H46N6O3/c1-7-27(9-8-15-37-21-24(2)39(23-26(4)40)25(3)22-37)33(41)35-32-20-30(12-14-34-32)38(17-18-42-6)29-10-11-31-28(19-29)13-16-36(31)5/h7-14,16,19-20,24-26,40H,15,17-18,21-23H2,1-6H3,(H,34,35,41)/b9-8-,27-7+. The molecule has 0 saturated carbocycles. The summed E-state index contributed by atoms with van der Waals surface area (Å²) in [6.45, 7) is 12.6. The average Bonchev–Trinajstić information content (AvgIpc) is 3.33. The number of methoxy groups -OCH3 is 1. The number of carbonyl (C=O) groups is 1. The minimum absolute atomic E-state index is 0.198. The van der Waals surface area contributed by atoms with Gasteiger partial charge in [0.25, 0.3) is 5.91 Å². The van der Waals surface area contributed by atoms with Gasteiger partial charge in [-0.3, -0.25) is 14.6 Å². The van der Waals surface area contributed by atoms with Crippen LogP contribution in [0, 0.1) is 0 Å². The van der Waals surface area contributed by atoms with Crippen LogP contribution in [-0.2, 0) is 16.6 Å². The van der Waals surface area contributed by atoms with Gasteiger partial charge in [0.15, 0.2) is 0 Å². The van der Waals surface area contributed by atoms with Crippen LogP contribution in [0.15, 0.2) is 72.6 Å². The van der Waals surface area contributed by atoms with Gasteiger partial charge in [0, 0.05) is 105 Å². The fourth-order valence-corrected chi connectivity index (χ4v) is 5.78. The number of pyridine rings is 1. The van der Waals surface area contributed by atoms with Crippen LogP contribution in [0.25, 0.3) is 10.9 Å². The predicted octanol–water partition coefficient (Wildman–Crippen LogP) is 4.57. The normalized spacial score (nSPS) is 19.5. The van der Waals surface area contributed by atoms with Gasteiger partial charge in [-0.25, -0.2) is 4.98 Å². The fraction of sp³-hybridized carbons (Fsp3) is 0.455. The molecule has 1 aliphatic heterocycles. The Hall–Kier alpha value is -3.50. The van der Waals surface area contributed by atoms with E-state index in [1.807, 2.05) is 45.2 Å². The van der Waals surface area contributed by atoms with Crippen molar-refractivity contribution in [2.24, 2.45) is 7.05 Å². The van der Waals surface area contributed by atoms with Gasteiger partial charge in [0.1, 0.15) is 5.82 Å². The van der Waals surface area contributed by atoms with Crippen LogP contribution in [0.3, 0.4) is 0 Å². The lowest BCUT2D eigenvalue weighted by Gasteiger charge is -2.44. The smallest absolute Gasteiger partial charge is 0.256 e. The number of fused-ring (bicyclic) bond motifs is 1. The van der Waals surface area contributed by atoms with Crippen molar-refractivity contribution in [3.05, 3.63) is 72.6 Å². The number of rotatable bonds is 12. The van der Waals surface area contributed by atoms with Crippen molar-refractivity contribution in [3.63, 3.8) is 0 Å². The van der Waals surface area contributed by atoms with E-state index in [-0.39, 0.29) is 12.0 Å². The SMILES string of the molecule is C/C=C(\C=C/CN1CC(C)N(CC(C)O)C(C)C1)C(=O)Nc1cc(N(CCOC)c2ccc3c(ccn3C)c2)ccn1. The molecule has 0 radical (unpaired) electrons. The van der Waals surface area contributed by atoms with E-state index in [2.05, 4.69) is 80.0 Å². The first-order chi connectivity index (χ1) is 20.2. The summed E-state index contributed by atoms with van der Waals surface area (Å²) in [5.41, 5.74) is 3.72. The summed E-state index contributed by atoms with van der Waals surface area (Å²) in [6.07, 6.45) is 9.20. The number of ether oxygens (including phenoxy) is 1. The second kappa shape index (κ2) is 14.6. The van der Waals surface area contributed by atoms with Gasteiger partial charge in [-0.05, 0) is 58.0 Å². The van der Waals surface area contributed by atoms with Crippen LogP contribution in [0.1, 0.15) is 27.7 Å². The molecule has 3 atom stereocenters. The maximum absolute atomic E-state index is 13.2. The molecule has 226 valence electrons. The van der Waals surface area contributed by atoms with E-state index >= 15 is 0 Å². The molecule has 1 fully saturated rings. The number of amides is 1. The Labute approximate surface area is 250 Å². The number of aliphatic hydroxyl groups excluding tert-OH is 1. The zero-order valence-corrected chi connectivity index (χ0v) is 25.8. The highest BCUT2D eigenvalue weighted by atomic mass is 16.5. The number of carbonyl (C=O) groups excluding carboxylic acids is 1. The number of β-amino-alcohol motifs (C(OH)–C–C–N with tert-alkyl or cyclic N) is 1. The molecule has 1 amide bonds. The van der Waals surface area contributed by atoms with Gasteiger partial charge < -0.3 is 24.6 Å². The summed E-state index contributed by atoms with van der Waals surface area (Å²) in [7, 11) is 3.74. The molecule has 3 unspecified atom stereocenters. The summed E-state index contributed by atoms with van der Waals surface area (Å²) >= 11 is 0. The van der Waals surface area contributed by atoms with E-state index in [1.165, 1.54) is 5.52 Å². The summed E-state index contributed by atoms with van der Waals surface area (Å²) in [4.78, 5) is 24.6. The van der Waals surface area contributed by atoms with Crippen molar-refractivity contribution in [1.82, 2.24) is 19.4 Å². The lowest BCUT2D eigenvalue weighted by atomic mass is 10.1. The van der Waals surface area contributed by atoms with E-state index in [4.69, 9.17) is 4.74 Å². The van der Waals surface area contributed by atoms with Gasteiger partial charge in [-0.15, -0.1) is 0 Å². The molecular formula is C33H46N6O3. The number of allylic oxidation sites excluding steroid dienone is 1. The highest BCUT2D eigenvalue weighted by Gasteiger charge is 2.29. The van der Waals surface area contributed by atoms with Crippen molar-refractivity contribution >= 4 is 34.0 Å². The summed E-state index contributed by atoms with van der Waals surface area (Å²) in [6, 6.07) is 13.1. The monoisotopic (exact) mass is 574 g/mol. The summed E-state index contributed by atoms with van der Waals surface area (Å²) < 4.78 is 7.50. The van der Waals surface area contributed by atoms with Gasteiger partial charge in [-0.2, -0.15) is 0 Å². The molecule has 2 aromatic heterocycles. The minimum Gasteiger partial charge on any atom is -0.392 e. The lowest BCUT2D eigenvalue weighted by Crippen LogP contribution is -2.57. The van der Waals surface area contributed by atoms with Gasteiger partial charge >= 0.3 is 0 Å². The highest BCUT2D eigenvalue weighted by Crippen LogP contribution is 2.30. The number of nitrogens with one attached hydrogen (secondary N) is 1. The number of piperazine rings is 1. The van der Waals surface area contributed by atoms with Crippen molar-refractivity contribution in [1.29, 1.82) is 0 Å². The third-order valence-corrected chi connectivity index (χ3v) is 7.88. The maximum Gasteiger partial charge on any atom is 0.256 e.